The van der Waals surface area contributed by atoms with Crippen molar-refractivity contribution >= 4 is 32.6 Å². The molecule has 0 spiro atoms. The van der Waals surface area contributed by atoms with Crippen molar-refractivity contribution in [3.8, 4) is 0 Å². The standard InChI is InChI=1S/C8H11N3O2S2/c1-14-8(10)11-15(12,13)7-4-2-6(9)3-5-7/h2-5H,9H2,1H3,(H2,10,11). The third-order valence-electron chi connectivity index (χ3n) is 1.60. The van der Waals surface area contributed by atoms with Gasteiger partial charge in [-0.3, -0.25) is 0 Å². The van der Waals surface area contributed by atoms with Crippen molar-refractivity contribution in [3.05, 3.63) is 24.3 Å². The lowest BCUT2D eigenvalue weighted by molar-refractivity contribution is 0.598. The maximum Gasteiger partial charge on any atom is 0.284 e. The number of amidine groups is 1. The van der Waals surface area contributed by atoms with Crippen LogP contribution in [0.5, 0.6) is 0 Å². The van der Waals surface area contributed by atoms with Gasteiger partial charge in [0.2, 0.25) is 0 Å². The van der Waals surface area contributed by atoms with Gasteiger partial charge in [0.25, 0.3) is 10.0 Å². The van der Waals surface area contributed by atoms with E-state index >= 15 is 0 Å². The smallest absolute Gasteiger partial charge is 0.284 e. The average Bonchev–Trinajstić information content (AvgIpc) is 2.17. The minimum Gasteiger partial charge on any atom is -0.399 e. The highest BCUT2D eigenvalue weighted by Gasteiger charge is 2.12. The van der Waals surface area contributed by atoms with Gasteiger partial charge in [-0.2, -0.15) is 8.42 Å². The quantitative estimate of drug-likeness (QED) is 0.452. The molecule has 0 aliphatic heterocycles. The van der Waals surface area contributed by atoms with E-state index in [1.807, 2.05) is 0 Å². The fraction of sp³-hybridized carbons (Fsp3) is 0.125. The SMILES string of the molecule is CS/C(N)=N\S(=O)(=O)c1ccc(N)cc1. The van der Waals surface area contributed by atoms with Crippen LogP contribution >= 0.6 is 11.8 Å². The van der Waals surface area contributed by atoms with Crippen LogP contribution in [0.25, 0.3) is 0 Å². The molecule has 15 heavy (non-hydrogen) atoms. The van der Waals surface area contributed by atoms with Crippen molar-refractivity contribution in [3.63, 3.8) is 0 Å². The second-order valence-corrected chi connectivity index (χ2v) is 5.11. The Bertz CT molecular complexity index is 465. The summed E-state index contributed by atoms with van der Waals surface area (Å²) < 4.78 is 26.6. The highest BCUT2D eigenvalue weighted by Crippen LogP contribution is 2.14. The lowest BCUT2D eigenvalue weighted by atomic mass is 10.3. The first-order valence-corrected chi connectivity index (χ1v) is 6.62. The summed E-state index contributed by atoms with van der Waals surface area (Å²) in [4.78, 5) is 0.0775. The van der Waals surface area contributed by atoms with Crippen molar-refractivity contribution in [2.75, 3.05) is 12.0 Å². The summed E-state index contributed by atoms with van der Waals surface area (Å²) in [6.07, 6.45) is 1.65. The Hall–Kier alpha value is -1.21. The highest BCUT2D eigenvalue weighted by atomic mass is 32.2. The maximum atomic E-state index is 11.6. The zero-order valence-electron chi connectivity index (χ0n) is 8.04. The molecule has 0 saturated carbocycles. The lowest BCUT2D eigenvalue weighted by Gasteiger charge is -2.00. The van der Waals surface area contributed by atoms with Gasteiger partial charge in [-0.05, 0) is 30.5 Å². The molecule has 1 aromatic rings. The molecule has 0 amide bonds. The first-order chi connectivity index (χ1) is 6.95. The van der Waals surface area contributed by atoms with E-state index in [4.69, 9.17) is 11.5 Å². The number of nitrogens with two attached hydrogens (primary N) is 2. The third kappa shape index (κ3) is 3.14. The second-order valence-electron chi connectivity index (χ2n) is 2.68. The van der Waals surface area contributed by atoms with Crippen LogP contribution in [0.4, 0.5) is 5.69 Å². The molecule has 0 aliphatic rings. The topological polar surface area (TPSA) is 98.5 Å². The van der Waals surface area contributed by atoms with E-state index in [0.29, 0.717) is 5.69 Å². The molecule has 0 aromatic heterocycles. The number of nitrogens with zero attached hydrogens (tertiary/aromatic N) is 1. The molecule has 0 heterocycles. The van der Waals surface area contributed by atoms with E-state index in [0.717, 1.165) is 11.8 Å². The summed E-state index contributed by atoms with van der Waals surface area (Å²) in [5.41, 5.74) is 11.3. The molecular formula is C8H11N3O2S2. The molecular weight excluding hydrogens is 234 g/mol. The number of anilines is 1. The average molecular weight is 245 g/mol. The van der Waals surface area contributed by atoms with Crippen LogP contribution in [0.1, 0.15) is 0 Å². The molecule has 0 unspecified atom stereocenters. The molecule has 0 radical (unpaired) electrons. The molecule has 0 atom stereocenters. The van der Waals surface area contributed by atoms with E-state index < -0.39 is 10.0 Å². The molecule has 0 saturated heterocycles. The van der Waals surface area contributed by atoms with Crippen molar-refractivity contribution in [2.45, 2.75) is 4.90 Å². The van der Waals surface area contributed by atoms with Crippen LogP contribution < -0.4 is 11.5 Å². The molecule has 4 N–H and O–H groups in total. The fourth-order valence-electron chi connectivity index (χ4n) is 0.848. The van der Waals surface area contributed by atoms with Gasteiger partial charge in [0.15, 0.2) is 5.17 Å². The van der Waals surface area contributed by atoms with E-state index in [1.54, 1.807) is 6.26 Å². The van der Waals surface area contributed by atoms with Crippen LogP contribution in [-0.2, 0) is 10.0 Å². The summed E-state index contributed by atoms with van der Waals surface area (Å²) in [7, 11) is -3.70. The predicted octanol–water partition coefficient (Wildman–Crippen LogP) is 0.635. The summed E-state index contributed by atoms with van der Waals surface area (Å²) in [5, 5.41) is 0.00632. The molecule has 0 aliphatic carbocycles. The number of nitrogen functional groups attached to an aromatic ring is 1. The Labute approximate surface area is 92.6 Å². The molecule has 1 rings (SSSR count). The van der Waals surface area contributed by atoms with Crippen LogP contribution in [0.15, 0.2) is 33.6 Å². The Morgan fingerprint density at radius 3 is 2.33 bits per heavy atom. The van der Waals surface area contributed by atoms with Gasteiger partial charge in [0.05, 0.1) is 4.90 Å². The van der Waals surface area contributed by atoms with Crippen molar-refractivity contribution in [1.29, 1.82) is 0 Å². The Morgan fingerprint density at radius 2 is 1.87 bits per heavy atom. The van der Waals surface area contributed by atoms with E-state index in [-0.39, 0.29) is 10.1 Å². The van der Waals surface area contributed by atoms with E-state index in [2.05, 4.69) is 4.40 Å². The van der Waals surface area contributed by atoms with E-state index in [1.165, 1.54) is 24.3 Å². The first kappa shape index (κ1) is 11.9. The Morgan fingerprint density at radius 1 is 1.33 bits per heavy atom. The monoisotopic (exact) mass is 245 g/mol. The van der Waals surface area contributed by atoms with Crippen LogP contribution in [-0.4, -0.2) is 19.8 Å². The largest absolute Gasteiger partial charge is 0.399 e. The number of hydrogen-bond donors (Lipinski definition) is 2. The van der Waals surface area contributed by atoms with Crippen LogP contribution in [0.3, 0.4) is 0 Å². The van der Waals surface area contributed by atoms with Gasteiger partial charge in [-0.1, -0.05) is 11.8 Å². The van der Waals surface area contributed by atoms with E-state index in [9.17, 15) is 8.42 Å². The van der Waals surface area contributed by atoms with Crippen LogP contribution in [0.2, 0.25) is 0 Å². The number of thioether (sulfide) groups is 1. The van der Waals surface area contributed by atoms with Gasteiger partial charge >= 0.3 is 0 Å². The number of hydrogen-bond acceptors (Lipinski definition) is 4. The summed E-state index contributed by atoms with van der Waals surface area (Å²) in [6.45, 7) is 0. The third-order valence-corrected chi connectivity index (χ3v) is 3.53. The summed E-state index contributed by atoms with van der Waals surface area (Å²) in [5.74, 6) is 0. The summed E-state index contributed by atoms with van der Waals surface area (Å²) in [6, 6.07) is 5.78. The number of sulfonamides is 1. The maximum absolute atomic E-state index is 11.6. The Balaban J connectivity index is 3.13. The fourth-order valence-corrected chi connectivity index (χ4v) is 2.26. The lowest BCUT2D eigenvalue weighted by Crippen LogP contribution is -2.10. The minimum atomic E-state index is -3.70. The zero-order valence-corrected chi connectivity index (χ0v) is 9.68. The predicted molar refractivity (Wildman–Crippen MR) is 63.2 cm³/mol. The van der Waals surface area contributed by atoms with Gasteiger partial charge in [-0.25, -0.2) is 0 Å². The second kappa shape index (κ2) is 4.54. The van der Waals surface area contributed by atoms with Crippen molar-refractivity contribution in [2.24, 2.45) is 10.1 Å². The van der Waals surface area contributed by atoms with Gasteiger partial charge in [0.1, 0.15) is 0 Å². The molecule has 7 heteroatoms. The van der Waals surface area contributed by atoms with Gasteiger partial charge < -0.3 is 11.5 Å². The van der Waals surface area contributed by atoms with Crippen molar-refractivity contribution in [1.82, 2.24) is 0 Å². The van der Waals surface area contributed by atoms with Crippen LogP contribution in [0, 0.1) is 0 Å². The molecule has 5 nitrogen and oxygen atoms in total. The molecule has 1 aromatic carbocycles. The minimum absolute atomic E-state index is 0.00632. The molecule has 82 valence electrons. The normalized spacial score (nSPS) is 12.7. The molecule has 0 fully saturated rings. The number of rotatable bonds is 2. The van der Waals surface area contributed by atoms with Gasteiger partial charge in [0, 0.05) is 5.69 Å². The zero-order chi connectivity index (χ0) is 11.5. The van der Waals surface area contributed by atoms with Gasteiger partial charge in [-0.15, -0.1) is 4.40 Å². The Kier molecular flexibility index (Phi) is 3.59. The first-order valence-electron chi connectivity index (χ1n) is 3.95. The number of benzene rings is 1. The van der Waals surface area contributed by atoms with Crippen molar-refractivity contribution < 1.29 is 8.42 Å². The molecule has 0 bridgehead atoms. The summed E-state index contributed by atoms with van der Waals surface area (Å²) >= 11 is 1.07. The highest BCUT2D eigenvalue weighted by molar-refractivity contribution is 8.13.